The lowest BCUT2D eigenvalue weighted by Crippen LogP contribution is -2.51. The molecule has 26 heavy (non-hydrogen) atoms. The molecule has 0 aromatic carbocycles. The summed E-state index contributed by atoms with van der Waals surface area (Å²) in [7, 11) is 1.77. The van der Waals surface area contributed by atoms with Crippen molar-refractivity contribution in [1.29, 1.82) is 0 Å². The minimum Gasteiger partial charge on any atom is -0.454 e. The highest BCUT2D eigenvalue weighted by molar-refractivity contribution is 9.11. The Labute approximate surface area is 165 Å². The minimum atomic E-state index is -0.561. The predicted molar refractivity (Wildman–Crippen MR) is 106 cm³/mol. The molecule has 3 N–H and O–H groups in total. The number of hydrogen-bond donors (Lipinski definition) is 2. The van der Waals surface area contributed by atoms with Crippen LogP contribution in [0, 0.1) is 0 Å². The van der Waals surface area contributed by atoms with Gasteiger partial charge in [0.1, 0.15) is 5.76 Å². The highest BCUT2D eigenvalue weighted by Crippen LogP contribution is 2.23. The molecule has 0 radical (unpaired) electrons. The van der Waals surface area contributed by atoms with E-state index < -0.39 is 5.91 Å². The van der Waals surface area contributed by atoms with Gasteiger partial charge < -0.3 is 20.4 Å². The van der Waals surface area contributed by atoms with E-state index in [0.29, 0.717) is 12.3 Å². The van der Waals surface area contributed by atoms with Gasteiger partial charge in [0.05, 0.1) is 10.3 Å². The van der Waals surface area contributed by atoms with Crippen molar-refractivity contribution in [2.75, 3.05) is 33.2 Å². The van der Waals surface area contributed by atoms with Crippen molar-refractivity contribution in [2.24, 2.45) is 10.7 Å². The van der Waals surface area contributed by atoms with Gasteiger partial charge in [-0.3, -0.25) is 14.7 Å². The quantitative estimate of drug-likeness (QED) is 0.550. The number of thiophene rings is 1. The van der Waals surface area contributed by atoms with Gasteiger partial charge in [0.15, 0.2) is 11.7 Å². The number of carbonyl (C=O) groups is 1. The molecule has 0 unspecified atom stereocenters. The Bertz CT molecular complexity index is 780. The zero-order valence-corrected chi connectivity index (χ0v) is 17.0. The lowest BCUT2D eigenvalue weighted by atomic mass is 10.3. The molecule has 1 amide bonds. The second-order valence-corrected chi connectivity index (χ2v) is 8.55. The Morgan fingerprint density at radius 3 is 2.65 bits per heavy atom. The Hall–Kier alpha value is -1.84. The number of rotatable bonds is 5. The normalized spacial score (nSPS) is 16.1. The largest absolute Gasteiger partial charge is 0.454 e. The van der Waals surface area contributed by atoms with Crippen molar-refractivity contribution < 1.29 is 9.21 Å². The number of amides is 1. The van der Waals surface area contributed by atoms with Crippen molar-refractivity contribution in [2.45, 2.75) is 13.1 Å². The zero-order valence-electron chi connectivity index (χ0n) is 14.6. The van der Waals surface area contributed by atoms with Crippen LogP contribution in [0.4, 0.5) is 0 Å². The summed E-state index contributed by atoms with van der Waals surface area (Å²) >= 11 is 5.30. The zero-order chi connectivity index (χ0) is 18.5. The maximum absolute atomic E-state index is 11.1. The van der Waals surface area contributed by atoms with E-state index in [-0.39, 0.29) is 5.76 Å². The Morgan fingerprint density at radius 1 is 1.31 bits per heavy atom. The van der Waals surface area contributed by atoms with Crippen LogP contribution in [0.3, 0.4) is 0 Å². The van der Waals surface area contributed by atoms with Crippen LogP contribution in [0.2, 0.25) is 0 Å². The van der Waals surface area contributed by atoms with Gasteiger partial charge in [-0.2, -0.15) is 0 Å². The first-order valence-corrected chi connectivity index (χ1v) is 9.97. The van der Waals surface area contributed by atoms with Gasteiger partial charge in [0.25, 0.3) is 5.91 Å². The van der Waals surface area contributed by atoms with Crippen molar-refractivity contribution >= 4 is 39.1 Å². The van der Waals surface area contributed by atoms with E-state index in [9.17, 15) is 4.79 Å². The summed E-state index contributed by atoms with van der Waals surface area (Å²) in [6, 6.07) is 7.60. The molecule has 2 aromatic heterocycles. The average Bonchev–Trinajstić information content (AvgIpc) is 3.26. The molecule has 1 aliphatic rings. The molecule has 1 saturated heterocycles. The second-order valence-electron chi connectivity index (χ2n) is 6.00. The first-order valence-electron chi connectivity index (χ1n) is 8.36. The molecule has 2 aromatic rings. The number of piperazine rings is 1. The van der Waals surface area contributed by atoms with Crippen molar-refractivity contribution in [3.8, 4) is 0 Å². The number of carbonyl (C=O) groups excluding carboxylic acids is 1. The van der Waals surface area contributed by atoms with Gasteiger partial charge in [0, 0.05) is 44.6 Å². The highest BCUT2D eigenvalue weighted by Gasteiger charge is 2.20. The Kier molecular flexibility index (Phi) is 6.33. The molecule has 0 saturated carbocycles. The third kappa shape index (κ3) is 4.87. The van der Waals surface area contributed by atoms with Crippen LogP contribution in [0.25, 0.3) is 0 Å². The van der Waals surface area contributed by atoms with E-state index >= 15 is 0 Å². The molecule has 0 aliphatic carbocycles. The number of aliphatic imine (C=N–C) groups is 1. The lowest BCUT2D eigenvalue weighted by molar-refractivity contribution is 0.0972. The first-order chi connectivity index (χ1) is 12.5. The standard InChI is InChI=1S/C17H22BrN5O2S/c1-20-17(21-10-12-2-4-14(25-12)16(19)24)23-8-6-22(7-9-23)11-13-3-5-15(18)26-13/h2-5H,6-11H2,1H3,(H2,19,24)(H,20,21). The molecule has 0 atom stereocenters. The van der Waals surface area contributed by atoms with Crippen LogP contribution in [0.5, 0.6) is 0 Å². The summed E-state index contributed by atoms with van der Waals surface area (Å²) in [6.07, 6.45) is 0. The van der Waals surface area contributed by atoms with E-state index in [1.54, 1.807) is 30.5 Å². The number of guanidine groups is 1. The summed E-state index contributed by atoms with van der Waals surface area (Å²) in [6.45, 7) is 5.25. The van der Waals surface area contributed by atoms with Crippen LogP contribution >= 0.6 is 27.3 Å². The van der Waals surface area contributed by atoms with Crippen LogP contribution in [-0.4, -0.2) is 54.9 Å². The minimum absolute atomic E-state index is 0.172. The number of halogens is 1. The van der Waals surface area contributed by atoms with Gasteiger partial charge in [-0.1, -0.05) is 0 Å². The first kappa shape index (κ1) is 18.9. The number of furan rings is 1. The molecule has 0 spiro atoms. The van der Waals surface area contributed by atoms with Crippen molar-refractivity contribution in [3.05, 3.63) is 44.4 Å². The summed E-state index contributed by atoms with van der Waals surface area (Å²) in [4.78, 5) is 21.5. The predicted octanol–water partition coefficient (Wildman–Crippen LogP) is 2.10. The molecule has 0 bridgehead atoms. The molecule has 3 rings (SSSR count). The Balaban J connectivity index is 1.47. The van der Waals surface area contributed by atoms with Crippen LogP contribution < -0.4 is 11.1 Å². The summed E-state index contributed by atoms with van der Waals surface area (Å²) in [5, 5.41) is 3.28. The Morgan fingerprint density at radius 2 is 2.08 bits per heavy atom. The summed E-state index contributed by atoms with van der Waals surface area (Å²) in [5.74, 6) is 1.10. The van der Waals surface area contributed by atoms with Crippen molar-refractivity contribution in [3.63, 3.8) is 0 Å². The lowest BCUT2D eigenvalue weighted by Gasteiger charge is -2.36. The SMILES string of the molecule is CN=C(NCc1ccc(C(N)=O)o1)N1CCN(Cc2ccc(Br)s2)CC1. The summed E-state index contributed by atoms with van der Waals surface area (Å²) in [5.41, 5.74) is 5.20. The van der Waals surface area contributed by atoms with Crippen LogP contribution in [-0.2, 0) is 13.1 Å². The third-order valence-electron chi connectivity index (χ3n) is 4.22. The molecular formula is C17H22BrN5O2S. The van der Waals surface area contributed by atoms with Gasteiger partial charge >= 0.3 is 0 Å². The number of nitrogens with two attached hydrogens (primary N) is 1. The highest BCUT2D eigenvalue weighted by atomic mass is 79.9. The average molecular weight is 440 g/mol. The molecule has 1 aliphatic heterocycles. The fourth-order valence-corrected chi connectivity index (χ4v) is 4.40. The van der Waals surface area contributed by atoms with E-state index in [2.05, 4.69) is 48.2 Å². The molecule has 1 fully saturated rings. The monoisotopic (exact) mass is 439 g/mol. The summed E-state index contributed by atoms with van der Waals surface area (Å²) < 4.78 is 6.57. The maximum atomic E-state index is 11.1. The van der Waals surface area contributed by atoms with Crippen LogP contribution in [0.1, 0.15) is 21.2 Å². The van der Waals surface area contributed by atoms with Crippen molar-refractivity contribution in [1.82, 2.24) is 15.1 Å². The number of nitrogens with one attached hydrogen (secondary N) is 1. The second kappa shape index (κ2) is 8.70. The molecule has 3 heterocycles. The van der Waals surface area contributed by atoms with E-state index in [4.69, 9.17) is 10.2 Å². The molecular weight excluding hydrogens is 418 g/mol. The molecule has 7 nitrogen and oxygen atoms in total. The van der Waals surface area contributed by atoms with E-state index in [0.717, 1.165) is 38.7 Å². The van der Waals surface area contributed by atoms with Gasteiger partial charge in [-0.15, -0.1) is 11.3 Å². The molecule has 9 heteroatoms. The fraction of sp³-hybridized carbons (Fsp3) is 0.412. The maximum Gasteiger partial charge on any atom is 0.284 e. The topological polar surface area (TPSA) is 87.1 Å². The van der Waals surface area contributed by atoms with Gasteiger partial charge in [0.2, 0.25) is 0 Å². The fourth-order valence-electron chi connectivity index (χ4n) is 2.88. The molecule has 140 valence electrons. The smallest absolute Gasteiger partial charge is 0.284 e. The van der Waals surface area contributed by atoms with Gasteiger partial charge in [-0.05, 0) is 40.2 Å². The van der Waals surface area contributed by atoms with Crippen LogP contribution in [0.15, 0.2) is 37.5 Å². The van der Waals surface area contributed by atoms with E-state index in [1.165, 1.54) is 8.66 Å². The van der Waals surface area contributed by atoms with Gasteiger partial charge in [-0.25, -0.2) is 0 Å². The number of nitrogens with zero attached hydrogens (tertiary/aromatic N) is 3. The third-order valence-corrected chi connectivity index (χ3v) is 5.83. The number of hydrogen-bond acceptors (Lipinski definition) is 5. The van der Waals surface area contributed by atoms with E-state index in [1.807, 2.05) is 0 Å². The number of primary amides is 1.